The molecule has 0 aliphatic heterocycles. The van der Waals surface area contributed by atoms with Crippen molar-refractivity contribution >= 4 is 5.97 Å². The number of ether oxygens (including phenoxy) is 1. The molecule has 0 aromatic carbocycles. The minimum absolute atomic E-state index is 0.179. The van der Waals surface area contributed by atoms with Crippen molar-refractivity contribution in [3.63, 3.8) is 0 Å². The summed E-state index contributed by atoms with van der Waals surface area (Å²) in [5.74, 6) is -0.179. The standard InChI is InChI=1S/C13H18N2O2/c1-2-17-13(16)11-7-3-4-8-12(11)14-15-9-5-6-10-15/h5-6,9-10,14H,2-4,7-8H2,1H3. The molecular formula is C13H18N2O2. The van der Waals surface area contributed by atoms with Gasteiger partial charge in [-0.25, -0.2) is 4.79 Å². The van der Waals surface area contributed by atoms with Crippen LogP contribution in [-0.2, 0) is 9.53 Å². The summed E-state index contributed by atoms with van der Waals surface area (Å²) < 4.78 is 6.95. The maximum absolute atomic E-state index is 11.8. The lowest BCUT2D eigenvalue weighted by Crippen LogP contribution is -2.21. The van der Waals surface area contributed by atoms with Gasteiger partial charge in [-0.3, -0.25) is 10.1 Å². The van der Waals surface area contributed by atoms with Crippen molar-refractivity contribution in [1.29, 1.82) is 0 Å². The van der Waals surface area contributed by atoms with E-state index in [0.29, 0.717) is 6.61 Å². The maximum atomic E-state index is 11.8. The molecule has 0 saturated carbocycles. The normalized spacial score (nSPS) is 15.8. The first-order valence-electron chi connectivity index (χ1n) is 6.10. The second-order valence-corrected chi connectivity index (χ2v) is 4.09. The number of hydrogen-bond acceptors (Lipinski definition) is 3. The van der Waals surface area contributed by atoms with E-state index in [-0.39, 0.29) is 5.97 Å². The third-order valence-electron chi connectivity index (χ3n) is 2.86. The smallest absolute Gasteiger partial charge is 0.335 e. The molecule has 0 amide bonds. The lowest BCUT2D eigenvalue weighted by Gasteiger charge is -2.21. The summed E-state index contributed by atoms with van der Waals surface area (Å²) >= 11 is 0. The number of aromatic nitrogens is 1. The molecule has 1 aromatic rings. The average molecular weight is 234 g/mol. The fraction of sp³-hybridized carbons (Fsp3) is 0.462. The van der Waals surface area contributed by atoms with Crippen LogP contribution in [0.25, 0.3) is 0 Å². The maximum Gasteiger partial charge on any atom is 0.335 e. The van der Waals surface area contributed by atoms with E-state index in [9.17, 15) is 4.79 Å². The molecule has 0 bridgehead atoms. The van der Waals surface area contributed by atoms with Crippen molar-refractivity contribution in [3.8, 4) is 0 Å². The molecule has 1 heterocycles. The Labute approximate surface area is 101 Å². The van der Waals surface area contributed by atoms with Gasteiger partial charge in [-0.1, -0.05) is 0 Å². The highest BCUT2D eigenvalue weighted by Gasteiger charge is 2.20. The number of rotatable bonds is 4. The molecule has 0 fully saturated rings. The second-order valence-electron chi connectivity index (χ2n) is 4.09. The Bertz CT molecular complexity index is 407. The Morgan fingerprint density at radius 3 is 2.76 bits per heavy atom. The third kappa shape index (κ3) is 2.90. The van der Waals surface area contributed by atoms with E-state index in [0.717, 1.165) is 37.0 Å². The average Bonchev–Trinajstić information content (AvgIpc) is 2.83. The van der Waals surface area contributed by atoms with Gasteiger partial charge in [-0.05, 0) is 44.7 Å². The first-order chi connectivity index (χ1) is 8.31. The van der Waals surface area contributed by atoms with E-state index in [4.69, 9.17) is 4.74 Å². The zero-order chi connectivity index (χ0) is 12.1. The number of carbonyl (C=O) groups excluding carboxylic acids is 1. The number of nitrogens with one attached hydrogen (secondary N) is 1. The molecule has 92 valence electrons. The van der Waals surface area contributed by atoms with E-state index in [1.54, 1.807) is 0 Å². The molecule has 0 atom stereocenters. The Morgan fingerprint density at radius 1 is 1.35 bits per heavy atom. The van der Waals surface area contributed by atoms with Crippen molar-refractivity contribution < 1.29 is 9.53 Å². The molecular weight excluding hydrogens is 216 g/mol. The van der Waals surface area contributed by atoms with Crippen LogP contribution >= 0.6 is 0 Å². The van der Waals surface area contributed by atoms with Crippen LogP contribution in [0.4, 0.5) is 0 Å². The van der Waals surface area contributed by atoms with Gasteiger partial charge in [-0.2, -0.15) is 0 Å². The summed E-state index contributed by atoms with van der Waals surface area (Å²) in [4.78, 5) is 11.8. The Kier molecular flexibility index (Phi) is 3.85. The minimum atomic E-state index is -0.179. The number of carbonyl (C=O) groups is 1. The topological polar surface area (TPSA) is 43.3 Å². The van der Waals surface area contributed by atoms with Crippen molar-refractivity contribution in [2.75, 3.05) is 12.0 Å². The molecule has 0 spiro atoms. The van der Waals surface area contributed by atoms with Gasteiger partial charge in [0.15, 0.2) is 0 Å². The van der Waals surface area contributed by atoms with Gasteiger partial charge in [0.05, 0.1) is 12.2 Å². The van der Waals surface area contributed by atoms with E-state index in [1.165, 1.54) is 0 Å². The van der Waals surface area contributed by atoms with Crippen molar-refractivity contribution in [1.82, 2.24) is 4.68 Å². The van der Waals surface area contributed by atoms with Crippen LogP contribution in [-0.4, -0.2) is 17.3 Å². The molecule has 4 nitrogen and oxygen atoms in total. The van der Waals surface area contributed by atoms with Crippen LogP contribution in [0.5, 0.6) is 0 Å². The molecule has 0 radical (unpaired) electrons. The van der Waals surface area contributed by atoms with Gasteiger partial charge < -0.3 is 4.74 Å². The van der Waals surface area contributed by atoms with Gasteiger partial charge in [0.2, 0.25) is 0 Å². The highest BCUT2D eigenvalue weighted by molar-refractivity contribution is 5.89. The number of nitrogens with zero attached hydrogens (tertiary/aromatic N) is 1. The molecule has 0 saturated heterocycles. The van der Waals surface area contributed by atoms with Gasteiger partial charge in [-0.15, -0.1) is 0 Å². The largest absolute Gasteiger partial charge is 0.463 e. The molecule has 1 aliphatic carbocycles. The summed E-state index contributed by atoms with van der Waals surface area (Å²) in [7, 11) is 0. The molecule has 4 heteroatoms. The molecule has 2 rings (SSSR count). The van der Waals surface area contributed by atoms with Gasteiger partial charge >= 0.3 is 5.97 Å². The zero-order valence-electron chi connectivity index (χ0n) is 10.1. The summed E-state index contributed by atoms with van der Waals surface area (Å²) in [5, 5.41) is 0. The number of hydrogen-bond donors (Lipinski definition) is 1. The van der Waals surface area contributed by atoms with E-state index < -0.39 is 0 Å². The summed E-state index contributed by atoms with van der Waals surface area (Å²) in [6.07, 6.45) is 7.74. The third-order valence-corrected chi connectivity index (χ3v) is 2.86. The van der Waals surface area contributed by atoms with Crippen LogP contribution in [0.15, 0.2) is 35.8 Å². The highest BCUT2D eigenvalue weighted by atomic mass is 16.5. The van der Waals surface area contributed by atoms with Crippen LogP contribution in [0.1, 0.15) is 32.6 Å². The predicted molar refractivity (Wildman–Crippen MR) is 65.9 cm³/mol. The molecule has 0 unspecified atom stereocenters. The van der Waals surface area contributed by atoms with E-state index >= 15 is 0 Å². The van der Waals surface area contributed by atoms with Crippen molar-refractivity contribution in [2.24, 2.45) is 0 Å². The first kappa shape index (κ1) is 11.8. The van der Waals surface area contributed by atoms with Crippen LogP contribution < -0.4 is 5.43 Å². The zero-order valence-corrected chi connectivity index (χ0v) is 10.1. The van der Waals surface area contributed by atoms with Crippen LogP contribution in [0.2, 0.25) is 0 Å². The SMILES string of the molecule is CCOC(=O)C1=C(Nn2cccc2)CCCC1. The fourth-order valence-corrected chi connectivity index (χ4v) is 2.04. The molecule has 1 aliphatic rings. The minimum Gasteiger partial charge on any atom is -0.463 e. The van der Waals surface area contributed by atoms with E-state index in [2.05, 4.69) is 5.43 Å². The summed E-state index contributed by atoms with van der Waals surface area (Å²) in [5.41, 5.74) is 5.04. The van der Waals surface area contributed by atoms with Crippen LogP contribution in [0.3, 0.4) is 0 Å². The number of allylic oxidation sites excluding steroid dienone is 1. The second kappa shape index (κ2) is 5.57. The monoisotopic (exact) mass is 234 g/mol. The van der Waals surface area contributed by atoms with Gasteiger partial charge in [0.25, 0.3) is 0 Å². The summed E-state index contributed by atoms with van der Waals surface area (Å²) in [6, 6.07) is 3.89. The molecule has 1 aromatic heterocycles. The quantitative estimate of drug-likeness (QED) is 0.814. The van der Waals surface area contributed by atoms with Crippen molar-refractivity contribution in [2.45, 2.75) is 32.6 Å². The Balaban J connectivity index is 2.16. The lowest BCUT2D eigenvalue weighted by atomic mass is 9.96. The molecule has 17 heavy (non-hydrogen) atoms. The fourth-order valence-electron chi connectivity index (χ4n) is 2.04. The predicted octanol–water partition coefficient (Wildman–Crippen LogP) is 2.42. The first-order valence-corrected chi connectivity index (χ1v) is 6.10. The van der Waals surface area contributed by atoms with Crippen LogP contribution in [0, 0.1) is 0 Å². The molecule has 1 N–H and O–H groups in total. The van der Waals surface area contributed by atoms with Crippen molar-refractivity contribution in [3.05, 3.63) is 35.8 Å². The van der Waals surface area contributed by atoms with Gasteiger partial charge in [0, 0.05) is 18.1 Å². The lowest BCUT2D eigenvalue weighted by molar-refractivity contribution is -0.138. The Morgan fingerprint density at radius 2 is 2.06 bits per heavy atom. The van der Waals surface area contributed by atoms with E-state index in [1.807, 2.05) is 36.1 Å². The Hall–Kier alpha value is -1.71. The highest BCUT2D eigenvalue weighted by Crippen LogP contribution is 2.24. The summed E-state index contributed by atoms with van der Waals surface area (Å²) in [6.45, 7) is 2.26. The van der Waals surface area contributed by atoms with Gasteiger partial charge in [0.1, 0.15) is 0 Å². The number of esters is 1.